The molecule has 82 valence electrons. The number of rotatable bonds is 3. The van der Waals surface area contributed by atoms with Crippen molar-refractivity contribution < 1.29 is 18.7 Å². The van der Waals surface area contributed by atoms with Crippen LogP contribution in [0.4, 0.5) is 14.5 Å². The van der Waals surface area contributed by atoms with E-state index in [0.717, 1.165) is 0 Å². The van der Waals surface area contributed by atoms with E-state index >= 15 is 0 Å². The number of carboxylic acids is 1. The summed E-state index contributed by atoms with van der Waals surface area (Å²) in [6.45, 7) is 0. The van der Waals surface area contributed by atoms with Crippen molar-refractivity contribution in [3.8, 4) is 0 Å². The number of anilines is 1. The summed E-state index contributed by atoms with van der Waals surface area (Å²) in [7, 11) is 0. The van der Waals surface area contributed by atoms with Crippen LogP contribution in [-0.2, 0) is 11.2 Å². The third kappa shape index (κ3) is 2.85. The average molecular weight is 281 g/mol. The Hall–Kier alpha value is -1.24. The number of hydrogen-bond acceptors (Lipinski definition) is 3. The Balaban J connectivity index is 3.26. The summed E-state index contributed by atoms with van der Waals surface area (Å²) >= 11 is 2.96. The zero-order valence-electron chi connectivity index (χ0n) is 7.38. The van der Waals surface area contributed by atoms with Crippen molar-refractivity contribution in [3.05, 3.63) is 21.9 Å². The first kappa shape index (κ1) is 11.8. The Kier molecular flexibility index (Phi) is 3.57. The van der Waals surface area contributed by atoms with Gasteiger partial charge in [0, 0.05) is 5.69 Å². The maximum Gasteiger partial charge on any atom is 0.309 e. The highest BCUT2D eigenvalue weighted by atomic mass is 79.9. The van der Waals surface area contributed by atoms with Crippen molar-refractivity contribution in [2.75, 3.05) is 5.73 Å². The lowest BCUT2D eigenvalue weighted by Crippen LogP contribution is -2.09. The molecule has 3 N–H and O–H groups in total. The van der Waals surface area contributed by atoms with Crippen LogP contribution in [0.5, 0.6) is 0 Å². The molecule has 0 aliphatic heterocycles. The van der Waals surface area contributed by atoms with E-state index in [9.17, 15) is 13.6 Å². The number of halogens is 3. The first-order chi connectivity index (χ1) is 6.91. The topological polar surface area (TPSA) is 76.2 Å². The number of hydrogen-bond donors (Lipinski definition) is 2. The van der Waals surface area contributed by atoms with Crippen LogP contribution in [0.1, 0.15) is 17.7 Å². The molecule has 0 saturated heterocycles. The van der Waals surface area contributed by atoms with Gasteiger partial charge in [0.2, 0.25) is 0 Å². The predicted octanol–water partition coefficient (Wildman–Crippen LogP) is 1.99. The molecule has 0 saturated carbocycles. The van der Waals surface area contributed by atoms with Crippen LogP contribution >= 0.6 is 15.9 Å². The van der Waals surface area contributed by atoms with Gasteiger partial charge in [-0.05, 0) is 22.0 Å². The van der Waals surface area contributed by atoms with Gasteiger partial charge in [0.25, 0.3) is 6.43 Å². The Morgan fingerprint density at radius 1 is 1.67 bits per heavy atom. The molecule has 0 unspecified atom stereocenters. The van der Waals surface area contributed by atoms with E-state index in [2.05, 4.69) is 20.9 Å². The molecule has 0 bridgehead atoms. The summed E-state index contributed by atoms with van der Waals surface area (Å²) in [4.78, 5) is 14.1. The molecular formula is C8H7BrF2N2O2. The second-order valence-electron chi connectivity index (χ2n) is 2.77. The fourth-order valence-corrected chi connectivity index (χ4v) is 1.58. The fourth-order valence-electron chi connectivity index (χ4n) is 1.12. The fraction of sp³-hybridized carbons (Fsp3) is 0.250. The van der Waals surface area contributed by atoms with Crippen LogP contribution in [0.2, 0.25) is 0 Å². The number of pyridine rings is 1. The van der Waals surface area contributed by atoms with Crippen LogP contribution in [0.15, 0.2) is 10.7 Å². The van der Waals surface area contributed by atoms with Crippen molar-refractivity contribution >= 4 is 27.6 Å². The summed E-state index contributed by atoms with van der Waals surface area (Å²) in [6.07, 6.45) is -3.41. The average Bonchev–Trinajstić information content (AvgIpc) is 1.99. The second kappa shape index (κ2) is 4.52. The van der Waals surface area contributed by atoms with Gasteiger partial charge in [0.15, 0.2) is 0 Å². The highest BCUT2D eigenvalue weighted by Crippen LogP contribution is 2.29. The number of carbonyl (C=O) groups is 1. The molecule has 0 aromatic carbocycles. The number of alkyl halides is 2. The van der Waals surface area contributed by atoms with Crippen molar-refractivity contribution in [1.82, 2.24) is 4.98 Å². The maximum absolute atomic E-state index is 12.5. The number of nitrogen functional groups attached to an aromatic ring is 1. The number of nitrogens with zero attached hydrogens (tertiary/aromatic N) is 1. The van der Waals surface area contributed by atoms with Crippen molar-refractivity contribution in [3.63, 3.8) is 0 Å². The lowest BCUT2D eigenvalue weighted by atomic mass is 10.1. The van der Waals surface area contributed by atoms with E-state index in [0.29, 0.717) is 0 Å². The Bertz CT molecular complexity index is 398. The molecule has 0 atom stereocenters. The van der Waals surface area contributed by atoms with Gasteiger partial charge in [-0.2, -0.15) is 0 Å². The van der Waals surface area contributed by atoms with Crippen LogP contribution < -0.4 is 5.73 Å². The van der Waals surface area contributed by atoms with Crippen molar-refractivity contribution in [1.29, 1.82) is 0 Å². The zero-order chi connectivity index (χ0) is 11.6. The van der Waals surface area contributed by atoms with Crippen molar-refractivity contribution in [2.24, 2.45) is 0 Å². The predicted molar refractivity (Wildman–Crippen MR) is 52.6 cm³/mol. The quantitative estimate of drug-likeness (QED) is 0.831. The van der Waals surface area contributed by atoms with Gasteiger partial charge in [-0.15, -0.1) is 0 Å². The summed E-state index contributed by atoms with van der Waals surface area (Å²) in [5.41, 5.74) is 4.46. The van der Waals surface area contributed by atoms with E-state index in [-0.39, 0.29) is 16.0 Å². The number of aliphatic carboxylic acids is 1. The van der Waals surface area contributed by atoms with E-state index in [1.54, 1.807) is 0 Å². The Labute approximate surface area is 92.2 Å². The second-order valence-corrected chi connectivity index (χ2v) is 3.58. The highest BCUT2D eigenvalue weighted by Gasteiger charge is 2.20. The molecule has 1 aromatic heterocycles. The summed E-state index contributed by atoms with van der Waals surface area (Å²) in [5.74, 6) is -1.23. The van der Waals surface area contributed by atoms with Gasteiger partial charge in [-0.1, -0.05) is 0 Å². The third-order valence-corrected chi connectivity index (χ3v) is 2.08. The normalized spacial score (nSPS) is 10.7. The largest absolute Gasteiger partial charge is 0.481 e. The first-order valence-corrected chi connectivity index (χ1v) is 4.66. The van der Waals surface area contributed by atoms with Crippen LogP contribution in [0.25, 0.3) is 0 Å². The molecular weight excluding hydrogens is 274 g/mol. The molecule has 1 heterocycles. The minimum atomic E-state index is -2.83. The van der Waals surface area contributed by atoms with Gasteiger partial charge in [-0.25, -0.2) is 13.8 Å². The minimum Gasteiger partial charge on any atom is -0.481 e. The maximum atomic E-state index is 12.5. The van der Waals surface area contributed by atoms with Gasteiger partial charge < -0.3 is 10.8 Å². The molecule has 1 rings (SSSR count). The summed E-state index contributed by atoms with van der Waals surface area (Å²) in [5, 5.41) is 8.51. The molecule has 0 aliphatic rings. The monoisotopic (exact) mass is 280 g/mol. The molecule has 7 heteroatoms. The van der Waals surface area contributed by atoms with Gasteiger partial charge in [0.1, 0.15) is 4.60 Å². The molecule has 4 nitrogen and oxygen atoms in total. The van der Waals surface area contributed by atoms with E-state index in [4.69, 9.17) is 10.8 Å². The first-order valence-electron chi connectivity index (χ1n) is 3.86. The number of aromatic nitrogens is 1. The highest BCUT2D eigenvalue weighted by molar-refractivity contribution is 9.10. The third-order valence-electron chi connectivity index (χ3n) is 1.68. The van der Waals surface area contributed by atoms with Crippen LogP contribution in [0, 0.1) is 0 Å². The number of nitrogens with two attached hydrogens (primary N) is 1. The number of carboxylic acid groups (broad SMARTS) is 1. The molecule has 0 radical (unpaired) electrons. The summed E-state index contributed by atoms with van der Waals surface area (Å²) in [6, 6.07) is 1.22. The van der Waals surface area contributed by atoms with Gasteiger partial charge in [0.05, 0.1) is 17.7 Å². The van der Waals surface area contributed by atoms with Crippen LogP contribution in [-0.4, -0.2) is 16.1 Å². The lowest BCUT2D eigenvalue weighted by Gasteiger charge is -2.09. The SMILES string of the molecule is Nc1cc(Br)nc(CC(=O)O)c1C(F)F. The van der Waals surface area contributed by atoms with Crippen molar-refractivity contribution in [2.45, 2.75) is 12.8 Å². The Morgan fingerprint density at radius 2 is 2.27 bits per heavy atom. The summed E-state index contributed by atoms with van der Waals surface area (Å²) < 4.78 is 25.3. The standard InChI is InChI=1S/C8H7BrF2N2O2/c9-5-1-3(12)7(8(10)11)4(13-5)2-6(14)15/h1,8H,2H2,(H2,12,13)(H,14,15). The van der Waals surface area contributed by atoms with Gasteiger partial charge >= 0.3 is 5.97 Å². The van der Waals surface area contributed by atoms with Gasteiger partial charge in [-0.3, -0.25) is 4.79 Å². The van der Waals surface area contributed by atoms with E-state index in [1.165, 1.54) is 6.07 Å². The smallest absolute Gasteiger partial charge is 0.309 e. The zero-order valence-corrected chi connectivity index (χ0v) is 8.96. The molecule has 0 aliphatic carbocycles. The minimum absolute atomic E-state index is 0.164. The van der Waals surface area contributed by atoms with E-state index < -0.39 is 24.4 Å². The molecule has 0 spiro atoms. The Morgan fingerprint density at radius 3 is 2.73 bits per heavy atom. The molecule has 1 aromatic rings. The molecule has 15 heavy (non-hydrogen) atoms. The lowest BCUT2D eigenvalue weighted by molar-refractivity contribution is -0.136. The van der Waals surface area contributed by atoms with E-state index in [1.807, 2.05) is 0 Å². The molecule has 0 amide bonds. The van der Waals surface area contributed by atoms with Crippen LogP contribution in [0.3, 0.4) is 0 Å². The molecule has 0 fully saturated rings.